The van der Waals surface area contributed by atoms with E-state index in [-0.39, 0.29) is 12.2 Å². The number of carbonyl (C=O) groups is 1. The highest BCUT2D eigenvalue weighted by Gasteiger charge is 2.40. The molecule has 22 heavy (non-hydrogen) atoms. The fourth-order valence-electron chi connectivity index (χ4n) is 2.10. The maximum absolute atomic E-state index is 13.0. The van der Waals surface area contributed by atoms with Gasteiger partial charge >= 0.3 is 18.3 Å². The van der Waals surface area contributed by atoms with E-state index in [1.54, 1.807) is 0 Å². The van der Waals surface area contributed by atoms with Crippen LogP contribution in [0.3, 0.4) is 0 Å². The molecule has 124 valence electrons. The number of carbonyl (C=O) groups excluding carboxylic acids is 1. The Morgan fingerprint density at radius 3 is 1.77 bits per heavy atom. The zero-order valence-electron chi connectivity index (χ0n) is 11.9. The zero-order chi connectivity index (χ0) is 17.1. The number of hydrogen-bond acceptors (Lipinski definition) is 2. The summed E-state index contributed by atoms with van der Waals surface area (Å²) in [6.45, 7) is 2.69. The Labute approximate surface area is 123 Å². The zero-order valence-corrected chi connectivity index (χ0v) is 11.9. The van der Waals surface area contributed by atoms with Gasteiger partial charge in [0.25, 0.3) is 0 Å². The third-order valence-electron chi connectivity index (χ3n) is 2.93. The Morgan fingerprint density at radius 2 is 1.45 bits per heavy atom. The highest BCUT2D eigenvalue weighted by molar-refractivity contribution is 5.73. The van der Waals surface area contributed by atoms with Crippen molar-refractivity contribution in [3.8, 4) is 0 Å². The van der Waals surface area contributed by atoms with E-state index in [9.17, 15) is 31.1 Å². The van der Waals surface area contributed by atoms with Crippen molar-refractivity contribution in [2.24, 2.45) is 0 Å². The molecule has 0 aliphatic heterocycles. The van der Waals surface area contributed by atoms with Gasteiger partial charge in [0.2, 0.25) is 0 Å². The Bertz CT molecular complexity index is 510. The number of alkyl halides is 6. The molecule has 2 nitrogen and oxygen atoms in total. The highest BCUT2D eigenvalue weighted by Crippen LogP contribution is 2.40. The van der Waals surface area contributed by atoms with Gasteiger partial charge in [-0.2, -0.15) is 26.3 Å². The molecule has 0 heterocycles. The summed E-state index contributed by atoms with van der Waals surface area (Å²) in [5.74, 6) is -0.881. The van der Waals surface area contributed by atoms with Gasteiger partial charge in [0.05, 0.1) is 24.2 Å². The molecule has 0 saturated carbocycles. The van der Waals surface area contributed by atoms with E-state index in [0.29, 0.717) is 12.1 Å². The van der Waals surface area contributed by atoms with Crippen LogP contribution in [0, 0.1) is 0 Å². The molecule has 1 aromatic rings. The first-order valence-electron chi connectivity index (χ1n) is 6.46. The third kappa shape index (κ3) is 4.38. The van der Waals surface area contributed by atoms with Gasteiger partial charge in [-0.25, -0.2) is 0 Å². The average Bonchev–Trinajstić information content (AvgIpc) is 2.35. The molecule has 0 aromatic heterocycles. The monoisotopic (exact) mass is 328 g/mol. The van der Waals surface area contributed by atoms with Crippen LogP contribution in [0.1, 0.15) is 36.1 Å². The van der Waals surface area contributed by atoms with Crippen LogP contribution in [0.2, 0.25) is 0 Å². The lowest BCUT2D eigenvalue weighted by atomic mass is 9.94. The van der Waals surface area contributed by atoms with Crippen molar-refractivity contribution < 1.29 is 35.9 Å². The van der Waals surface area contributed by atoms with E-state index >= 15 is 0 Å². The molecule has 0 radical (unpaired) electrons. The summed E-state index contributed by atoms with van der Waals surface area (Å²) in [7, 11) is 0. The first-order chi connectivity index (χ1) is 10.0. The molecule has 0 aliphatic rings. The van der Waals surface area contributed by atoms with Crippen LogP contribution < -0.4 is 0 Å². The molecule has 8 heteroatoms. The molecular weight excluding hydrogens is 314 g/mol. The predicted molar refractivity (Wildman–Crippen MR) is 66.2 cm³/mol. The van der Waals surface area contributed by atoms with Crippen LogP contribution in [0.4, 0.5) is 26.3 Å². The minimum Gasteiger partial charge on any atom is -0.466 e. The number of hydrogen-bond donors (Lipinski definition) is 0. The normalized spacial score (nSPS) is 12.4. The topological polar surface area (TPSA) is 26.3 Å². The van der Waals surface area contributed by atoms with Crippen molar-refractivity contribution in [3.63, 3.8) is 0 Å². The van der Waals surface area contributed by atoms with Gasteiger partial charge in [-0.3, -0.25) is 4.79 Å². The number of ether oxygens (including phenoxy) is 1. The largest absolute Gasteiger partial charge is 0.466 e. The van der Waals surface area contributed by atoms with Gasteiger partial charge in [-0.05, 0) is 36.6 Å². The summed E-state index contributed by atoms with van der Waals surface area (Å²) in [4.78, 5) is 11.3. The minimum absolute atomic E-state index is 0.00979. The number of halogens is 6. The smallest absolute Gasteiger partial charge is 0.416 e. The van der Waals surface area contributed by atoms with Gasteiger partial charge < -0.3 is 4.74 Å². The fourth-order valence-corrected chi connectivity index (χ4v) is 2.10. The molecule has 0 aliphatic carbocycles. The van der Waals surface area contributed by atoms with Crippen LogP contribution in [0.25, 0.3) is 0 Å². The van der Waals surface area contributed by atoms with Gasteiger partial charge in [-0.15, -0.1) is 0 Å². The average molecular weight is 328 g/mol. The molecule has 0 amide bonds. The van der Waals surface area contributed by atoms with Crippen LogP contribution in [-0.4, -0.2) is 12.6 Å². The maximum atomic E-state index is 13.0. The lowest BCUT2D eigenvalue weighted by molar-refractivity contribution is -0.146. The van der Waals surface area contributed by atoms with E-state index in [2.05, 4.69) is 4.74 Å². The van der Waals surface area contributed by atoms with Crippen LogP contribution >= 0.6 is 0 Å². The quantitative estimate of drug-likeness (QED) is 0.605. The number of rotatable bonds is 4. The summed E-state index contributed by atoms with van der Waals surface area (Å²) < 4.78 is 82.5. The second kappa shape index (κ2) is 6.58. The lowest BCUT2D eigenvalue weighted by Gasteiger charge is -2.19. The maximum Gasteiger partial charge on any atom is 0.416 e. The summed E-state index contributed by atoms with van der Waals surface area (Å²) in [5, 5.41) is 0. The molecule has 0 bridgehead atoms. The van der Waals surface area contributed by atoms with Crippen molar-refractivity contribution >= 4 is 5.97 Å². The number of esters is 1. The Hall–Kier alpha value is -1.73. The first-order valence-corrected chi connectivity index (χ1v) is 6.46. The molecule has 1 aromatic carbocycles. The standard InChI is InChI=1S/C14H14F6O2/c1-3-9-10(13(15,16)17)5-8(7-12(21)22-4-2)6-11(9)14(18,19)20/h5-6H,3-4,7H2,1-2H3. The molecular formula is C14H14F6O2. The highest BCUT2D eigenvalue weighted by atomic mass is 19.4. The molecule has 0 fully saturated rings. The van der Waals surface area contributed by atoms with Gasteiger partial charge in [0.1, 0.15) is 0 Å². The summed E-state index contributed by atoms with van der Waals surface area (Å²) in [5.41, 5.74) is -3.95. The Balaban J connectivity index is 3.46. The SMILES string of the molecule is CCOC(=O)Cc1cc(C(F)(F)F)c(CC)c(C(F)(F)F)c1. The van der Waals surface area contributed by atoms with Crippen LogP contribution in [0.15, 0.2) is 12.1 Å². The summed E-state index contributed by atoms with van der Waals surface area (Å²) in [6.07, 6.45) is -10.9. The lowest BCUT2D eigenvalue weighted by Crippen LogP contribution is -2.18. The summed E-state index contributed by atoms with van der Waals surface area (Å²) >= 11 is 0. The molecule has 0 atom stereocenters. The predicted octanol–water partition coefficient (Wildman–Crippen LogP) is 4.39. The summed E-state index contributed by atoms with van der Waals surface area (Å²) in [6, 6.07) is 1.15. The van der Waals surface area contributed by atoms with Gasteiger partial charge in [0, 0.05) is 0 Å². The third-order valence-corrected chi connectivity index (χ3v) is 2.93. The molecule has 1 rings (SSSR count). The molecule has 0 spiro atoms. The number of benzene rings is 1. The van der Waals surface area contributed by atoms with Crippen LogP contribution in [-0.2, 0) is 34.7 Å². The van der Waals surface area contributed by atoms with E-state index in [4.69, 9.17) is 0 Å². The van der Waals surface area contributed by atoms with Crippen molar-refractivity contribution in [2.45, 2.75) is 39.0 Å². The van der Waals surface area contributed by atoms with E-state index in [1.165, 1.54) is 13.8 Å². The van der Waals surface area contributed by atoms with Crippen molar-refractivity contribution in [1.82, 2.24) is 0 Å². The molecule has 0 N–H and O–H groups in total. The van der Waals surface area contributed by atoms with Crippen LogP contribution in [0.5, 0.6) is 0 Å². The van der Waals surface area contributed by atoms with E-state index in [0.717, 1.165) is 0 Å². The second-order valence-electron chi connectivity index (χ2n) is 4.50. The Kier molecular flexibility index (Phi) is 5.48. The van der Waals surface area contributed by atoms with E-state index in [1.807, 2.05) is 0 Å². The molecule has 0 unspecified atom stereocenters. The first kappa shape index (κ1) is 18.3. The van der Waals surface area contributed by atoms with E-state index < -0.39 is 47.9 Å². The second-order valence-corrected chi connectivity index (χ2v) is 4.50. The van der Waals surface area contributed by atoms with Gasteiger partial charge in [-0.1, -0.05) is 6.92 Å². The Morgan fingerprint density at radius 1 is 1.00 bits per heavy atom. The van der Waals surface area contributed by atoms with Gasteiger partial charge in [0.15, 0.2) is 0 Å². The molecule has 0 saturated heterocycles. The minimum atomic E-state index is -4.93. The van der Waals surface area contributed by atoms with Crippen molar-refractivity contribution in [3.05, 3.63) is 34.4 Å². The van der Waals surface area contributed by atoms with Crippen molar-refractivity contribution in [1.29, 1.82) is 0 Å². The fraction of sp³-hybridized carbons (Fsp3) is 0.500. The van der Waals surface area contributed by atoms with Crippen molar-refractivity contribution in [2.75, 3.05) is 6.61 Å².